The Morgan fingerprint density at radius 1 is 1.19 bits per heavy atom. The molecule has 0 amide bonds. The van der Waals surface area contributed by atoms with Crippen molar-refractivity contribution < 1.29 is 5.11 Å². The van der Waals surface area contributed by atoms with E-state index in [9.17, 15) is 5.11 Å². The molecule has 1 saturated heterocycles. The Balaban J connectivity index is 1.76. The van der Waals surface area contributed by atoms with E-state index in [1.165, 1.54) is 22.3 Å². The summed E-state index contributed by atoms with van der Waals surface area (Å²) in [6, 6.07) is 15.1. The number of aliphatic hydroxyl groups excluding tert-OH is 1. The summed E-state index contributed by atoms with van der Waals surface area (Å²) < 4.78 is 1.15. The predicted molar refractivity (Wildman–Crippen MR) is 90.2 cm³/mol. The maximum atomic E-state index is 9.58. The quantitative estimate of drug-likeness (QED) is 0.908. The molecule has 2 nitrogen and oxygen atoms in total. The number of likely N-dealkylation sites (tertiary alicyclic amines) is 1. The van der Waals surface area contributed by atoms with Crippen LogP contribution in [0.2, 0.25) is 0 Å². The molecule has 110 valence electrons. The van der Waals surface area contributed by atoms with Crippen LogP contribution in [0.25, 0.3) is 11.1 Å². The Bertz CT molecular complexity index is 624. The van der Waals surface area contributed by atoms with Crippen LogP contribution in [-0.2, 0) is 6.54 Å². The largest absolute Gasteiger partial charge is 0.392 e. The van der Waals surface area contributed by atoms with Gasteiger partial charge in [-0.2, -0.15) is 0 Å². The van der Waals surface area contributed by atoms with Gasteiger partial charge in [-0.05, 0) is 41.7 Å². The van der Waals surface area contributed by atoms with E-state index in [2.05, 4.69) is 70.2 Å². The van der Waals surface area contributed by atoms with E-state index < -0.39 is 0 Å². The highest BCUT2D eigenvalue weighted by Crippen LogP contribution is 2.29. The molecule has 0 bridgehead atoms. The van der Waals surface area contributed by atoms with Crippen LogP contribution in [0, 0.1) is 6.92 Å². The van der Waals surface area contributed by atoms with Gasteiger partial charge in [0.05, 0.1) is 6.10 Å². The maximum absolute atomic E-state index is 9.58. The highest BCUT2D eigenvalue weighted by Gasteiger charge is 2.19. The van der Waals surface area contributed by atoms with E-state index in [1.54, 1.807) is 0 Å². The van der Waals surface area contributed by atoms with Crippen LogP contribution < -0.4 is 0 Å². The number of aliphatic hydroxyl groups is 1. The minimum atomic E-state index is -0.145. The van der Waals surface area contributed by atoms with Crippen LogP contribution in [0.1, 0.15) is 17.5 Å². The number of rotatable bonds is 3. The van der Waals surface area contributed by atoms with Crippen molar-refractivity contribution in [3.63, 3.8) is 0 Å². The molecule has 2 aromatic rings. The van der Waals surface area contributed by atoms with Crippen molar-refractivity contribution in [3.8, 4) is 11.1 Å². The summed E-state index contributed by atoms with van der Waals surface area (Å²) in [4.78, 5) is 2.31. The number of benzene rings is 2. The standard InChI is InChI=1S/C18H20BrNO/c1-13-17(3-2-4-18(13)19)15-7-5-14(6-8-15)11-20-10-9-16(21)12-20/h2-8,16,21H,9-12H2,1H3/t16-/m0/s1. The van der Waals surface area contributed by atoms with Gasteiger partial charge in [0.2, 0.25) is 0 Å². The lowest BCUT2D eigenvalue weighted by Gasteiger charge is -2.15. The van der Waals surface area contributed by atoms with Gasteiger partial charge >= 0.3 is 0 Å². The molecular weight excluding hydrogens is 326 g/mol. The van der Waals surface area contributed by atoms with E-state index >= 15 is 0 Å². The molecule has 1 atom stereocenters. The summed E-state index contributed by atoms with van der Waals surface area (Å²) in [5.74, 6) is 0. The second kappa shape index (κ2) is 6.30. The molecule has 1 fully saturated rings. The van der Waals surface area contributed by atoms with Crippen molar-refractivity contribution in [2.24, 2.45) is 0 Å². The van der Waals surface area contributed by atoms with E-state index in [0.29, 0.717) is 0 Å². The molecule has 2 aromatic carbocycles. The maximum Gasteiger partial charge on any atom is 0.0679 e. The van der Waals surface area contributed by atoms with E-state index in [-0.39, 0.29) is 6.10 Å². The summed E-state index contributed by atoms with van der Waals surface area (Å²) in [5.41, 5.74) is 5.10. The van der Waals surface area contributed by atoms with Gasteiger partial charge in [0.1, 0.15) is 0 Å². The van der Waals surface area contributed by atoms with Gasteiger partial charge in [0, 0.05) is 24.1 Å². The third-order valence-electron chi connectivity index (χ3n) is 4.19. The summed E-state index contributed by atoms with van der Waals surface area (Å²) >= 11 is 3.59. The summed E-state index contributed by atoms with van der Waals surface area (Å²) in [6.45, 7) is 4.86. The van der Waals surface area contributed by atoms with Crippen molar-refractivity contribution >= 4 is 15.9 Å². The van der Waals surface area contributed by atoms with Crippen molar-refractivity contribution in [3.05, 3.63) is 58.1 Å². The lowest BCUT2D eigenvalue weighted by molar-refractivity contribution is 0.175. The van der Waals surface area contributed by atoms with Gasteiger partial charge in [-0.25, -0.2) is 0 Å². The zero-order chi connectivity index (χ0) is 14.8. The van der Waals surface area contributed by atoms with E-state index in [4.69, 9.17) is 0 Å². The third kappa shape index (κ3) is 3.37. The lowest BCUT2D eigenvalue weighted by atomic mass is 9.99. The Hall–Kier alpha value is -1.16. The van der Waals surface area contributed by atoms with Crippen LogP contribution in [0.4, 0.5) is 0 Å². The molecule has 0 unspecified atom stereocenters. The molecule has 1 N–H and O–H groups in total. The topological polar surface area (TPSA) is 23.5 Å². The molecule has 0 aliphatic carbocycles. The first-order valence-electron chi connectivity index (χ1n) is 7.38. The number of nitrogens with zero attached hydrogens (tertiary/aromatic N) is 1. The molecule has 1 aliphatic heterocycles. The summed E-state index contributed by atoms with van der Waals surface area (Å²) in [7, 11) is 0. The van der Waals surface area contributed by atoms with Gasteiger partial charge in [-0.15, -0.1) is 0 Å². The van der Waals surface area contributed by atoms with Crippen molar-refractivity contribution in [2.75, 3.05) is 13.1 Å². The zero-order valence-electron chi connectivity index (χ0n) is 12.2. The monoisotopic (exact) mass is 345 g/mol. The fourth-order valence-corrected chi connectivity index (χ4v) is 3.29. The average molecular weight is 346 g/mol. The molecule has 21 heavy (non-hydrogen) atoms. The lowest BCUT2D eigenvalue weighted by Crippen LogP contribution is -2.21. The Kier molecular flexibility index (Phi) is 4.43. The average Bonchev–Trinajstić information content (AvgIpc) is 2.88. The molecular formula is C18H20BrNO. The molecule has 0 saturated carbocycles. The Morgan fingerprint density at radius 3 is 2.62 bits per heavy atom. The zero-order valence-corrected chi connectivity index (χ0v) is 13.8. The van der Waals surface area contributed by atoms with Crippen molar-refractivity contribution in [1.29, 1.82) is 0 Å². The minimum absolute atomic E-state index is 0.145. The number of halogens is 1. The van der Waals surface area contributed by atoms with Gasteiger partial charge in [0.25, 0.3) is 0 Å². The fraction of sp³-hybridized carbons (Fsp3) is 0.333. The van der Waals surface area contributed by atoms with Gasteiger partial charge in [0.15, 0.2) is 0 Å². The highest BCUT2D eigenvalue weighted by atomic mass is 79.9. The first kappa shape index (κ1) is 14.8. The van der Waals surface area contributed by atoms with Crippen LogP contribution in [-0.4, -0.2) is 29.2 Å². The summed E-state index contributed by atoms with van der Waals surface area (Å²) in [6.07, 6.45) is 0.753. The number of β-amino-alcohol motifs (C(OH)–C–C–N with tert-alkyl or cyclic N) is 1. The first-order chi connectivity index (χ1) is 10.1. The molecule has 0 aromatic heterocycles. The normalized spacial score (nSPS) is 19.1. The van der Waals surface area contributed by atoms with Gasteiger partial charge < -0.3 is 5.11 Å². The molecule has 3 rings (SSSR count). The predicted octanol–water partition coefficient (Wildman–Crippen LogP) is 3.99. The molecule has 1 aliphatic rings. The third-order valence-corrected chi connectivity index (χ3v) is 5.05. The Morgan fingerprint density at radius 2 is 1.95 bits per heavy atom. The van der Waals surface area contributed by atoms with E-state index in [0.717, 1.165) is 30.5 Å². The van der Waals surface area contributed by atoms with Crippen LogP contribution in [0.5, 0.6) is 0 Å². The SMILES string of the molecule is Cc1c(Br)cccc1-c1ccc(CN2CC[C@H](O)C2)cc1. The fourth-order valence-electron chi connectivity index (χ4n) is 2.92. The van der Waals surface area contributed by atoms with Gasteiger partial charge in [-0.1, -0.05) is 52.3 Å². The minimum Gasteiger partial charge on any atom is -0.392 e. The number of hydrogen-bond acceptors (Lipinski definition) is 2. The van der Waals surface area contributed by atoms with Gasteiger partial charge in [-0.3, -0.25) is 4.90 Å². The van der Waals surface area contributed by atoms with Crippen molar-refractivity contribution in [2.45, 2.75) is 26.0 Å². The van der Waals surface area contributed by atoms with Crippen molar-refractivity contribution in [1.82, 2.24) is 4.90 Å². The molecule has 0 spiro atoms. The first-order valence-corrected chi connectivity index (χ1v) is 8.17. The van der Waals surface area contributed by atoms with Crippen LogP contribution in [0.15, 0.2) is 46.9 Å². The second-order valence-corrected chi connectivity index (χ2v) is 6.64. The van der Waals surface area contributed by atoms with Crippen LogP contribution >= 0.6 is 15.9 Å². The highest BCUT2D eigenvalue weighted by molar-refractivity contribution is 9.10. The molecule has 1 heterocycles. The smallest absolute Gasteiger partial charge is 0.0679 e. The Labute approximate surface area is 134 Å². The van der Waals surface area contributed by atoms with Crippen LogP contribution in [0.3, 0.4) is 0 Å². The molecule has 0 radical (unpaired) electrons. The molecule has 3 heteroatoms. The number of hydrogen-bond donors (Lipinski definition) is 1. The second-order valence-electron chi connectivity index (χ2n) is 5.79. The summed E-state index contributed by atoms with van der Waals surface area (Å²) in [5, 5.41) is 9.58. The van der Waals surface area contributed by atoms with E-state index in [1.807, 2.05) is 0 Å².